The van der Waals surface area contributed by atoms with E-state index in [2.05, 4.69) is 25.7 Å². The summed E-state index contributed by atoms with van der Waals surface area (Å²) < 4.78 is 0. The molecule has 1 aliphatic rings. The SMILES string of the molecule is C=C1C=CC/C(C)=C\C=C/1. The Kier molecular flexibility index (Phi) is 2.27. The fraction of sp³-hybridized carbons (Fsp3) is 0.200. The first kappa shape index (κ1) is 7.07. The highest BCUT2D eigenvalue weighted by Crippen LogP contribution is 2.07. The second-order valence-corrected chi connectivity index (χ2v) is 2.55. The van der Waals surface area contributed by atoms with Crippen LogP contribution in [0, 0.1) is 0 Å². The molecular weight excluding hydrogens is 120 g/mol. The van der Waals surface area contributed by atoms with Gasteiger partial charge in [-0.2, -0.15) is 0 Å². The highest BCUT2D eigenvalue weighted by Gasteiger charge is 1.87. The molecular formula is C10H12. The van der Waals surface area contributed by atoms with Crippen molar-refractivity contribution in [3.63, 3.8) is 0 Å². The molecule has 0 bridgehead atoms. The Balaban J connectivity index is 2.80. The van der Waals surface area contributed by atoms with Crippen molar-refractivity contribution in [3.8, 4) is 0 Å². The molecule has 1 aliphatic carbocycles. The molecule has 0 heterocycles. The van der Waals surface area contributed by atoms with Crippen LogP contribution in [0.5, 0.6) is 0 Å². The van der Waals surface area contributed by atoms with Crippen LogP contribution >= 0.6 is 0 Å². The molecule has 52 valence electrons. The van der Waals surface area contributed by atoms with Gasteiger partial charge in [-0.25, -0.2) is 0 Å². The monoisotopic (exact) mass is 132 g/mol. The molecule has 0 nitrogen and oxygen atoms in total. The van der Waals surface area contributed by atoms with Gasteiger partial charge in [0, 0.05) is 0 Å². The predicted octanol–water partition coefficient (Wildman–Crippen LogP) is 3.01. The van der Waals surface area contributed by atoms with Gasteiger partial charge in [-0.05, 0) is 18.9 Å². The van der Waals surface area contributed by atoms with E-state index in [0.29, 0.717) is 0 Å². The molecule has 0 heteroatoms. The average molecular weight is 132 g/mol. The molecule has 0 fully saturated rings. The van der Waals surface area contributed by atoms with Crippen LogP contribution in [-0.4, -0.2) is 0 Å². The zero-order valence-corrected chi connectivity index (χ0v) is 6.30. The highest BCUT2D eigenvalue weighted by atomic mass is 13.9. The van der Waals surface area contributed by atoms with Crippen LogP contribution in [0.25, 0.3) is 0 Å². The minimum atomic E-state index is 1.04. The van der Waals surface area contributed by atoms with Crippen molar-refractivity contribution in [1.29, 1.82) is 0 Å². The maximum atomic E-state index is 3.84. The molecule has 0 amide bonds. The minimum Gasteiger partial charge on any atom is -0.0918 e. The van der Waals surface area contributed by atoms with E-state index in [1.807, 2.05) is 18.2 Å². The Morgan fingerprint density at radius 1 is 1.40 bits per heavy atom. The largest absolute Gasteiger partial charge is 0.0918 e. The van der Waals surface area contributed by atoms with Crippen LogP contribution < -0.4 is 0 Å². The van der Waals surface area contributed by atoms with E-state index in [1.54, 1.807) is 0 Å². The van der Waals surface area contributed by atoms with Crippen molar-refractivity contribution in [1.82, 2.24) is 0 Å². The normalized spacial score (nSPS) is 26.5. The molecule has 0 aromatic heterocycles. The summed E-state index contributed by atoms with van der Waals surface area (Å²) in [6.45, 7) is 5.97. The molecule has 0 atom stereocenters. The molecule has 1 rings (SSSR count). The third-order valence-corrected chi connectivity index (χ3v) is 1.46. The molecule has 10 heavy (non-hydrogen) atoms. The molecule has 0 saturated carbocycles. The van der Waals surface area contributed by atoms with Crippen molar-refractivity contribution in [3.05, 3.63) is 48.1 Å². The summed E-state index contributed by atoms with van der Waals surface area (Å²) in [5, 5.41) is 0. The minimum absolute atomic E-state index is 1.04. The summed E-state index contributed by atoms with van der Waals surface area (Å²) in [6.07, 6.45) is 11.4. The first-order valence-corrected chi connectivity index (χ1v) is 3.48. The lowest BCUT2D eigenvalue weighted by Gasteiger charge is -1.96. The van der Waals surface area contributed by atoms with Crippen molar-refractivity contribution >= 4 is 0 Å². The van der Waals surface area contributed by atoms with Crippen molar-refractivity contribution in [2.24, 2.45) is 0 Å². The second kappa shape index (κ2) is 3.21. The fourth-order valence-corrected chi connectivity index (χ4v) is 0.856. The molecule has 0 aromatic rings. The van der Waals surface area contributed by atoms with E-state index in [-0.39, 0.29) is 0 Å². The van der Waals surface area contributed by atoms with Gasteiger partial charge in [0.1, 0.15) is 0 Å². The molecule has 0 aromatic carbocycles. The predicted molar refractivity (Wildman–Crippen MR) is 45.8 cm³/mol. The lowest BCUT2D eigenvalue weighted by Crippen LogP contribution is -1.76. The van der Waals surface area contributed by atoms with Gasteiger partial charge in [0.2, 0.25) is 0 Å². The van der Waals surface area contributed by atoms with Gasteiger partial charge in [-0.1, -0.05) is 42.5 Å². The molecule has 0 spiro atoms. The number of hydrogen-bond acceptors (Lipinski definition) is 0. The third-order valence-electron chi connectivity index (χ3n) is 1.46. The van der Waals surface area contributed by atoms with E-state index < -0.39 is 0 Å². The Hall–Kier alpha value is -1.04. The average Bonchev–Trinajstić information content (AvgIpc) is 1.84. The van der Waals surface area contributed by atoms with E-state index in [4.69, 9.17) is 0 Å². The zero-order valence-electron chi connectivity index (χ0n) is 6.30. The summed E-state index contributed by atoms with van der Waals surface area (Å²) >= 11 is 0. The molecule has 0 radical (unpaired) electrons. The Morgan fingerprint density at radius 2 is 2.20 bits per heavy atom. The van der Waals surface area contributed by atoms with E-state index >= 15 is 0 Å². The summed E-state index contributed by atoms with van der Waals surface area (Å²) in [5.41, 5.74) is 2.46. The summed E-state index contributed by atoms with van der Waals surface area (Å²) in [7, 11) is 0. The van der Waals surface area contributed by atoms with Crippen molar-refractivity contribution < 1.29 is 0 Å². The van der Waals surface area contributed by atoms with Gasteiger partial charge in [0.25, 0.3) is 0 Å². The van der Waals surface area contributed by atoms with Gasteiger partial charge >= 0.3 is 0 Å². The van der Waals surface area contributed by atoms with Gasteiger partial charge < -0.3 is 0 Å². The van der Waals surface area contributed by atoms with Gasteiger partial charge in [0.15, 0.2) is 0 Å². The maximum absolute atomic E-state index is 3.84. The third kappa shape index (κ3) is 2.06. The van der Waals surface area contributed by atoms with Crippen LogP contribution in [0.1, 0.15) is 13.3 Å². The van der Waals surface area contributed by atoms with Crippen LogP contribution in [0.4, 0.5) is 0 Å². The Labute approximate surface area is 62.3 Å². The quantitative estimate of drug-likeness (QED) is 0.475. The fourth-order valence-electron chi connectivity index (χ4n) is 0.856. The number of rotatable bonds is 0. The lowest BCUT2D eigenvalue weighted by atomic mass is 10.1. The van der Waals surface area contributed by atoms with Crippen LogP contribution in [0.3, 0.4) is 0 Å². The van der Waals surface area contributed by atoms with E-state index in [1.165, 1.54) is 5.57 Å². The molecule has 0 N–H and O–H groups in total. The highest BCUT2D eigenvalue weighted by molar-refractivity contribution is 5.33. The lowest BCUT2D eigenvalue weighted by molar-refractivity contribution is 1.20. The summed E-state index contributed by atoms with van der Waals surface area (Å²) in [6, 6.07) is 0. The number of hydrogen-bond donors (Lipinski definition) is 0. The molecule has 0 saturated heterocycles. The van der Waals surface area contributed by atoms with Crippen LogP contribution in [0.15, 0.2) is 48.1 Å². The first-order valence-electron chi connectivity index (χ1n) is 3.48. The maximum Gasteiger partial charge on any atom is -0.0135 e. The van der Waals surface area contributed by atoms with Gasteiger partial charge in [-0.15, -0.1) is 0 Å². The first-order chi connectivity index (χ1) is 4.79. The van der Waals surface area contributed by atoms with Gasteiger partial charge in [0.05, 0.1) is 0 Å². The smallest absolute Gasteiger partial charge is 0.0135 e. The zero-order chi connectivity index (χ0) is 7.40. The molecule has 0 unspecified atom stereocenters. The van der Waals surface area contributed by atoms with E-state index in [0.717, 1.165) is 12.0 Å². The Bertz CT molecular complexity index is 214. The van der Waals surface area contributed by atoms with Crippen molar-refractivity contribution in [2.45, 2.75) is 13.3 Å². The summed E-state index contributed by atoms with van der Waals surface area (Å²) in [4.78, 5) is 0. The topological polar surface area (TPSA) is 0 Å². The Morgan fingerprint density at radius 3 is 3.00 bits per heavy atom. The van der Waals surface area contributed by atoms with E-state index in [9.17, 15) is 0 Å². The van der Waals surface area contributed by atoms with Crippen molar-refractivity contribution in [2.75, 3.05) is 0 Å². The molecule has 0 aliphatic heterocycles. The van der Waals surface area contributed by atoms with Gasteiger partial charge in [-0.3, -0.25) is 0 Å². The van der Waals surface area contributed by atoms with Crippen LogP contribution in [0.2, 0.25) is 0 Å². The summed E-state index contributed by atoms with van der Waals surface area (Å²) in [5.74, 6) is 0. The van der Waals surface area contributed by atoms with Crippen LogP contribution in [-0.2, 0) is 0 Å². The standard InChI is InChI=1S/C10H12/c1-9-5-3-7-10(2)8-4-6-9/h3-7H,1,8H2,2H3/b5-3-,6-4?,10-7-. The second-order valence-electron chi connectivity index (χ2n) is 2.55. The number of allylic oxidation sites excluding steroid dienone is 7.